The summed E-state index contributed by atoms with van der Waals surface area (Å²) >= 11 is 0. The normalized spacial score (nSPS) is 16.6. The highest BCUT2D eigenvalue weighted by atomic mass is 32.2. The van der Waals surface area contributed by atoms with Gasteiger partial charge in [0.15, 0.2) is 0 Å². The first-order valence-electron chi connectivity index (χ1n) is 5.41. The third-order valence-electron chi connectivity index (χ3n) is 2.65. The lowest BCUT2D eigenvalue weighted by Crippen LogP contribution is -2.38. The number of rotatable bonds is 3. The van der Waals surface area contributed by atoms with Crippen LogP contribution in [0.15, 0.2) is 6.20 Å². The lowest BCUT2D eigenvalue weighted by Gasteiger charge is -2.26. The van der Waals surface area contributed by atoms with Crippen LogP contribution in [0.4, 0.5) is 17.5 Å². The molecule has 1 aromatic rings. The molecular weight excluding hydrogens is 258 g/mol. The maximum atomic E-state index is 11.3. The number of aromatic nitrogens is 2. The minimum absolute atomic E-state index is 0.123. The zero-order valence-electron chi connectivity index (χ0n) is 9.83. The lowest BCUT2D eigenvalue weighted by molar-refractivity contribution is -0.384. The van der Waals surface area contributed by atoms with Gasteiger partial charge in [0.05, 0.1) is 4.92 Å². The molecule has 2 heterocycles. The molecule has 1 aliphatic rings. The van der Waals surface area contributed by atoms with Crippen molar-refractivity contribution in [2.24, 2.45) is 0 Å². The minimum atomic E-state index is -0.830. The molecule has 8 nitrogen and oxygen atoms in total. The highest BCUT2D eigenvalue weighted by Gasteiger charge is 2.25. The summed E-state index contributed by atoms with van der Waals surface area (Å²) in [6.45, 7) is 1.02. The summed E-state index contributed by atoms with van der Waals surface area (Å²) in [4.78, 5) is 20.2. The Morgan fingerprint density at radius 3 is 2.72 bits per heavy atom. The molecule has 1 N–H and O–H groups in total. The fourth-order valence-electron chi connectivity index (χ4n) is 1.70. The van der Waals surface area contributed by atoms with Crippen LogP contribution >= 0.6 is 0 Å². The van der Waals surface area contributed by atoms with E-state index < -0.39 is 15.7 Å². The van der Waals surface area contributed by atoms with Crippen LogP contribution < -0.4 is 10.2 Å². The van der Waals surface area contributed by atoms with Crippen molar-refractivity contribution in [3.05, 3.63) is 16.3 Å². The first-order valence-corrected chi connectivity index (χ1v) is 6.89. The van der Waals surface area contributed by atoms with Crippen LogP contribution in [0.1, 0.15) is 0 Å². The van der Waals surface area contributed by atoms with E-state index in [0.717, 1.165) is 0 Å². The molecule has 18 heavy (non-hydrogen) atoms. The van der Waals surface area contributed by atoms with Gasteiger partial charge in [0.2, 0.25) is 11.8 Å². The smallest absolute Gasteiger partial charge is 0.329 e. The number of nitro groups is 1. The fraction of sp³-hybridized carbons (Fsp3) is 0.556. The quantitative estimate of drug-likeness (QED) is 0.609. The molecule has 98 valence electrons. The first kappa shape index (κ1) is 12.7. The van der Waals surface area contributed by atoms with Gasteiger partial charge in [-0.15, -0.1) is 0 Å². The predicted molar refractivity (Wildman–Crippen MR) is 68.3 cm³/mol. The molecule has 0 amide bonds. The Balaban J connectivity index is 2.34. The first-order chi connectivity index (χ1) is 8.61. The van der Waals surface area contributed by atoms with Crippen molar-refractivity contribution in [1.29, 1.82) is 0 Å². The summed E-state index contributed by atoms with van der Waals surface area (Å²) in [5.74, 6) is 1.64. The van der Waals surface area contributed by atoms with E-state index in [4.69, 9.17) is 0 Å². The second-order valence-corrected chi connectivity index (χ2v) is 5.44. The zero-order valence-corrected chi connectivity index (χ0v) is 10.6. The molecule has 0 aromatic carbocycles. The molecule has 0 spiro atoms. The average Bonchev–Trinajstić information content (AvgIpc) is 2.38. The fourth-order valence-corrected chi connectivity index (χ4v) is 2.75. The van der Waals surface area contributed by atoms with E-state index >= 15 is 0 Å². The van der Waals surface area contributed by atoms with Gasteiger partial charge >= 0.3 is 5.69 Å². The SMILES string of the molecule is CNc1ncc([N+](=O)[O-])c(N2CCS(=O)CC2)n1. The van der Waals surface area contributed by atoms with Gasteiger partial charge in [0.1, 0.15) is 6.20 Å². The van der Waals surface area contributed by atoms with E-state index in [0.29, 0.717) is 30.5 Å². The van der Waals surface area contributed by atoms with Gasteiger partial charge in [-0.25, -0.2) is 4.98 Å². The largest absolute Gasteiger partial charge is 0.357 e. The average molecular weight is 271 g/mol. The zero-order chi connectivity index (χ0) is 13.1. The van der Waals surface area contributed by atoms with Crippen LogP contribution in [0.5, 0.6) is 0 Å². The molecule has 1 saturated heterocycles. The molecule has 0 bridgehead atoms. The molecule has 2 rings (SSSR count). The Labute approximate surface area is 106 Å². The molecule has 9 heteroatoms. The summed E-state index contributed by atoms with van der Waals surface area (Å²) in [5.41, 5.74) is -0.123. The summed E-state index contributed by atoms with van der Waals surface area (Å²) < 4.78 is 11.3. The van der Waals surface area contributed by atoms with E-state index in [1.54, 1.807) is 11.9 Å². The van der Waals surface area contributed by atoms with Gasteiger partial charge in [0.25, 0.3) is 0 Å². The third kappa shape index (κ3) is 2.55. The minimum Gasteiger partial charge on any atom is -0.357 e. The van der Waals surface area contributed by atoms with Gasteiger partial charge in [-0.2, -0.15) is 4.98 Å². The van der Waals surface area contributed by atoms with Gasteiger partial charge in [-0.3, -0.25) is 14.3 Å². The van der Waals surface area contributed by atoms with Crippen molar-refractivity contribution < 1.29 is 9.13 Å². The summed E-state index contributed by atoms with van der Waals surface area (Å²) in [6.07, 6.45) is 1.19. The van der Waals surface area contributed by atoms with Crippen molar-refractivity contribution in [3.8, 4) is 0 Å². The lowest BCUT2D eigenvalue weighted by atomic mass is 10.4. The van der Waals surface area contributed by atoms with Gasteiger partial charge < -0.3 is 10.2 Å². The van der Waals surface area contributed by atoms with Crippen LogP contribution in [0.2, 0.25) is 0 Å². The Morgan fingerprint density at radius 2 is 2.17 bits per heavy atom. The van der Waals surface area contributed by atoms with E-state index in [9.17, 15) is 14.3 Å². The van der Waals surface area contributed by atoms with Gasteiger partial charge in [0, 0.05) is 42.4 Å². The number of nitrogens with zero attached hydrogens (tertiary/aromatic N) is 4. The van der Waals surface area contributed by atoms with Crippen molar-refractivity contribution in [2.45, 2.75) is 0 Å². The summed E-state index contributed by atoms with van der Waals surface area (Å²) in [5, 5.41) is 13.7. The molecular formula is C9H13N5O3S. The van der Waals surface area contributed by atoms with E-state index in [2.05, 4.69) is 15.3 Å². The van der Waals surface area contributed by atoms with Crippen LogP contribution in [0.25, 0.3) is 0 Å². The van der Waals surface area contributed by atoms with Crippen LogP contribution in [0.3, 0.4) is 0 Å². The Morgan fingerprint density at radius 1 is 1.50 bits per heavy atom. The molecule has 1 aliphatic heterocycles. The van der Waals surface area contributed by atoms with Crippen LogP contribution in [0, 0.1) is 10.1 Å². The standard InChI is InChI=1S/C9H13N5O3S/c1-10-9-11-6-7(14(15)16)8(12-9)13-2-4-18(17)5-3-13/h6H,2-5H2,1H3,(H,10,11,12). The maximum absolute atomic E-state index is 11.3. The van der Waals surface area contributed by atoms with Crippen LogP contribution in [-0.2, 0) is 10.8 Å². The Kier molecular flexibility index (Phi) is 3.70. The highest BCUT2D eigenvalue weighted by Crippen LogP contribution is 2.26. The molecule has 0 saturated carbocycles. The number of hydrogen-bond donors (Lipinski definition) is 1. The van der Waals surface area contributed by atoms with Crippen molar-refractivity contribution >= 4 is 28.3 Å². The molecule has 0 unspecified atom stereocenters. The molecule has 1 fully saturated rings. The molecule has 1 aromatic heterocycles. The topological polar surface area (TPSA) is 101 Å². The van der Waals surface area contributed by atoms with E-state index in [1.807, 2.05) is 0 Å². The second-order valence-electron chi connectivity index (χ2n) is 3.74. The van der Waals surface area contributed by atoms with Gasteiger partial charge in [-0.05, 0) is 0 Å². The van der Waals surface area contributed by atoms with Crippen LogP contribution in [-0.4, -0.2) is 50.7 Å². The predicted octanol–water partition coefficient (Wildman–Crippen LogP) is -0.00480. The number of hydrogen-bond acceptors (Lipinski definition) is 7. The molecule has 0 atom stereocenters. The van der Waals surface area contributed by atoms with Crippen molar-refractivity contribution in [1.82, 2.24) is 9.97 Å². The van der Waals surface area contributed by atoms with Gasteiger partial charge in [-0.1, -0.05) is 0 Å². The Bertz CT molecular complexity index is 485. The maximum Gasteiger partial charge on any atom is 0.329 e. The summed E-state index contributed by atoms with van der Waals surface area (Å²) in [7, 11) is 0.819. The highest BCUT2D eigenvalue weighted by molar-refractivity contribution is 7.85. The number of nitrogens with one attached hydrogen (secondary N) is 1. The number of anilines is 2. The second kappa shape index (κ2) is 5.25. The monoisotopic (exact) mass is 271 g/mol. The Hall–Kier alpha value is -1.77. The van der Waals surface area contributed by atoms with E-state index in [-0.39, 0.29) is 11.5 Å². The van der Waals surface area contributed by atoms with Crippen molar-refractivity contribution in [2.75, 3.05) is 41.9 Å². The third-order valence-corrected chi connectivity index (χ3v) is 3.92. The summed E-state index contributed by atoms with van der Waals surface area (Å²) in [6, 6.07) is 0. The van der Waals surface area contributed by atoms with E-state index in [1.165, 1.54) is 6.20 Å². The molecule has 0 radical (unpaired) electrons. The molecule has 0 aliphatic carbocycles. The van der Waals surface area contributed by atoms with Crippen molar-refractivity contribution in [3.63, 3.8) is 0 Å².